The van der Waals surface area contributed by atoms with Gasteiger partial charge in [-0.15, -0.1) is 4.91 Å². The van der Waals surface area contributed by atoms with Crippen molar-refractivity contribution in [3.63, 3.8) is 0 Å². The Kier molecular flexibility index (Phi) is 3.71. The van der Waals surface area contributed by atoms with Gasteiger partial charge in [0.15, 0.2) is 5.82 Å². The number of nitrogens with zero attached hydrogens (tertiary/aromatic N) is 3. The molecule has 2 rings (SSSR count). The molecule has 0 bridgehead atoms. The molecule has 1 aromatic rings. The maximum Gasteiger partial charge on any atom is 0.251 e. The van der Waals surface area contributed by atoms with Crippen molar-refractivity contribution in [2.45, 2.75) is 25.7 Å². The molecule has 0 unspecified atom stereocenters. The lowest BCUT2D eigenvalue weighted by atomic mass is 10.0. The molecule has 0 saturated heterocycles. The highest BCUT2D eigenvalue weighted by atomic mass is 16.5. The zero-order valence-corrected chi connectivity index (χ0v) is 9.93. The Morgan fingerprint density at radius 2 is 2.17 bits per heavy atom. The van der Waals surface area contributed by atoms with E-state index in [2.05, 4.69) is 21.2 Å². The first-order chi connectivity index (χ1) is 8.70. The van der Waals surface area contributed by atoms with Crippen LogP contribution in [0.25, 0.3) is 0 Å². The van der Waals surface area contributed by atoms with Crippen LogP contribution in [0.2, 0.25) is 0 Å². The molecule has 18 heavy (non-hydrogen) atoms. The van der Waals surface area contributed by atoms with Crippen molar-refractivity contribution in [2.75, 3.05) is 18.1 Å². The van der Waals surface area contributed by atoms with Crippen molar-refractivity contribution in [3.05, 3.63) is 16.6 Å². The average molecular weight is 249 g/mol. The summed E-state index contributed by atoms with van der Waals surface area (Å²) in [6.07, 6.45) is 6.57. The Bertz CT molecular complexity index is 487. The number of nitrogens with two attached hydrogens (primary N) is 2. The number of allylic oxidation sites excluding steroid dienone is 1. The van der Waals surface area contributed by atoms with Gasteiger partial charge in [-0.1, -0.05) is 6.08 Å². The van der Waals surface area contributed by atoms with E-state index in [9.17, 15) is 4.91 Å². The van der Waals surface area contributed by atoms with Crippen molar-refractivity contribution >= 4 is 17.5 Å². The van der Waals surface area contributed by atoms with E-state index in [1.165, 1.54) is 12.0 Å². The first-order valence-electron chi connectivity index (χ1n) is 5.77. The van der Waals surface area contributed by atoms with Gasteiger partial charge in [0, 0.05) is 0 Å². The number of rotatable bonds is 4. The van der Waals surface area contributed by atoms with Crippen molar-refractivity contribution in [2.24, 2.45) is 5.18 Å². The molecule has 7 nitrogen and oxygen atoms in total. The van der Waals surface area contributed by atoms with Gasteiger partial charge in [0.25, 0.3) is 5.88 Å². The van der Waals surface area contributed by atoms with Crippen molar-refractivity contribution in [1.29, 1.82) is 0 Å². The first kappa shape index (κ1) is 12.3. The van der Waals surface area contributed by atoms with Gasteiger partial charge in [-0.05, 0) is 36.4 Å². The molecule has 1 heterocycles. The summed E-state index contributed by atoms with van der Waals surface area (Å²) < 4.78 is 5.46. The van der Waals surface area contributed by atoms with E-state index in [0.717, 1.165) is 19.3 Å². The van der Waals surface area contributed by atoms with Crippen LogP contribution >= 0.6 is 0 Å². The van der Waals surface area contributed by atoms with E-state index in [1.807, 2.05) is 0 Å². The largest absolute Gasteiger partial charge is 0.471 e. The van der Waals surface area contributed by atoms with E-state index in [4.69, 9.17) is 16.2 Å². The zero-order valence-electron chi connectivity index (χ0n) is 9.93. The fourth-order valence-electron chi connectivity index (χ4n) is 1.85. The summed E-state index contributed by atoms with van der Waals surface area (Å²) in [5.41, 5.74) is 12.1. The first-order valence-corrected chi connectivity index (χ1v) is 5.77. The van der Waals surface area contributed by atoms with Gasteiger partial charge in [0.05, 0.1) is 0 Å². The highest BCUT2D eigenvalue weighted by Gasteiger charge is 2.14. The second-order valence-corrected chi connectivity index (χ2v) is 4.11. The summed E-state index contributed by atoms with van der Waals surface area (Å²) in [7, 11) is 0. The third kappa shape index (κ3) is 2.73. The minimum atomic E-state index is -0.0967. The Morgan fingerprint density at radius 1 is 1.33 bits per heavy atom. The van der Waals surface area contributed by atoms with E-state index in [0.29, 0.717) is 6.61 Å². The molecule has 0 aliphatic heterocycles. The van der Waals surface area contributed by atoms with Crippen LogP contribution in [-0.4, -0.2) is 16.6 Å². The molecule has 1 aromatic heterocycles. The van der Waals surface area contributed by atoms with Crippen LogP contribution in [0.1, 0.15) is 25.7 Å². The summed E-state index contributed by atoms with van der Waals surface area (Å²) in [5, 5.41) is 2.77. The van der Waals surface area contributed by atoms with Crippen molar-refractivity contribution in [3.8, 4) is 5.88 Å². The molecule has 0 atom stereocenters. The number of ether oxygens (including phenoxy) is 1. The zero-order chi connectivity index (χ0) is 13.0. The summed E-state index contributed by atoms with van der Waals surface area (Å²) in [6, 6.07) is 0. The van der Waals surface area contributed by atoms with Crippen LogP contribution in [-0.2, 0) is 0 Å². The maximum absolute atomic E-state index is 10.7. The Balaban J connectivity index is 2.13. The van der Waals surface area contributed by atoms with Crippen LogP contribution in [0.5, 0.6) is 5.88 Å². The van der Waals surface area contributed by atoms with Crippen molar-refractivity contribution in [1.82, 2.24) is 9.97 Å². The molecule has 0 aromatic carbocycles. The molecule has 0 amide bonds. The van der Waals surface area contributed by atoms with Gasteiger partial charge < -0.3 is 16.2 Å². The van der Waals surface area contributed by atoms with Gasteiger partial charge in [0.1, 0.15) is 6.61 Å². The van der Waals surface area contributed by atoms with E-state index >= 15 is 0 Å². The molecular formula is C11H15N5O2. The lowest BCUT2D eigenvalue weighted by molar-refractivity contribution is 0.332. The highest BCUT2D eigenvalue weighted by Crippen LogP contribution is 2.31. The number of nitroso groups, excluding NO2 is 1. The standard InChI is InChI=1S/C11H15N5O2/c12-9-8(16-17)10(15-11(13)14-9)18-6-7-4-2-1-3-5-7/h4H,1-3,5-6H2,(H4,12,13,14,15). The lowest BCUT2D eigenvalue weighted by Crippen LogP contribution is -2.08. The Hall–Kier alpha value is -2.18. The van der Waals surface area contributed by atoms with Crippen LogP contribution in [0.3, 0.4) is 0 Å². The fourth-order valence-corrected chi connectivity index (χ4v) is 1.85. The highest BCUT2D eigenvalue weighted by molar-refractivity contribution is 5.65. The van der Waals surface area contributed by atoms with Crippen LogP contribution in [0.4, 0.5) is 17.5 Å². The summed E-state index contributed by atoms with van der Waals surface area (Å²) >= 11 is 0. The maximum atomic E-state index is 10.7. The number of aromatic nitrogens is 2. The van der Waals surface area contributed by atoms with Crippen LogP contribution in [0, 0.1) is 4.91 Å². The quantitative estimate of drug-likeness (QED) is 0.621. The van der Waals surface area contributed by atoms with Crippen LogP contribution < -0.4 is 16.2 Å². The minimum absolute atomic E-state index is 0.0347. The summed E-state index contributed by atoms with van der Waals surface area (Å²) in [4.78, 5) is 18.2. The predicted octanol–water partition coefficient (Wildman–Crippen LogP) is 1.92. The molecule has 0 spiro atoms. The van der Waals surface area contributed by atoms with E-state index in [-0.39, 0.29) is 23.3 Å². The number of anilines is 2. The monoisotopic (exact) mass is 249 g/mol. The second kappa shape index (κ2) is 5.44. The molecular weight excluding hydrogens is 234 g/mol. The molecule has 7 heteroatoms. The third-order valence-electron chi connectivity index (χ3n) is 2.77. The second-order valence-electron chi connectivity index (χ2n) is 4.11. The topological polar surface area (TPSA) is 116 Å². The van der Waals surface area contributed by atoms with Gasteiger partial charge in [-0.3, -0.25) is 0 Å². The SMILES string of the molecule is Nc1nc(N)c(N=O)c(OCC2=CCCCC2)n1. The molecule has 96 valence electrons. The lowest BCUT2D eigenvalue weighted by Gasteiger charge is -2.14. The fraction of sp³-hybridized carbons (Fsp3) is 0.455. The van der Waals surface area contributed by atoms with Gasteiger partial charge in [-0.25, -0.2) is 0 Å². The Morgan fingerprint density at radius 3 is 2.83 bits per heavy atom. The van der Waals surface area contributed by atoms with Crippen LogP contribution in [0.15, 0.2) is 16.8 Å². The number of nitrogen functional groups attached to an aromatic ring is 2. The van der Waals surface area contributed by atoms with Gasteiger partial charge in [0.2, 0.25) is 11.6 Å². The average Bonchev–Trinajstić information content (AvgIpc) is 2.37. The number of hydrogen-bond acceptors (Lipinski definition) is 7. The molecule has 0 saturated carbocycles. The molecule has 0 fully saturated rings. The molecule has 1 aliphatic rings. The molecule has 0 radical (unpaired) electrons. The number of hydrogen-bond donors (Lipinski definition) is 2. The Labute approximate surface area is 104 Å². The van der Waals surface area contributed by atoms with Crippen molar-refractivity contribution < 1.29 is 4.74 Å². The normalized spacial score (nSPS) is 15.0. The molecule has 1 aliphatic carbocycles. The summed E-state index contributed by atoms with van der Waals surface area (Å²) in [5.74, 6) is -0.0564. The smallest absolute Gasteiger partial charge is 0.251 e. The summed E-state index contributed by atoms with van der Waals surface area (Å²) in [6.45, 7) is 0.373. The van der Waals surface area contributed by atoms with Gasteiger partial charge >= 0.3 is 0 Å². The van der Waals surface area contributed by atoms with Gasteiger partial charge in [-0.2, -0.15) is 9.97 Å². The minimum Gasteiger partial charge on any atom is -0.471 e. The predicted molar refractivity (Wildman–Crippen MR) is 68.4 cm³/mol. The van der Waals surface area contributed by atoms with E-state index in [1.54, 1.807) is 0 Å². The molecule has 4 N–H and O–H groups in total. The third-order valence-corrected chi connectivity index (χ3v) is 2.77. The van der Waals surface area contributed by atoms with E-state index < -0.39 is 0 Å².